The van der Waals surface area contributed by atoms with E-state index in [1.165, 1.54) is 42.4 Å². The van der Waals surface area contributed by atoms with Gasteiger partial charge in [0.15, 0.2) is 0 Å². The van der Waals surface area contributed by atoms with E-state index in [0.717, 1.165) is 0 Å². The first-order valence-corrected chi connectivity index (χ1v) is 19.3. The topological polar surface area (TPSA) is 0 Å². The van der Waals surface area contributed by atoms with Crippen LogP contribution in [-0.2, 0) is 12.8 Å². The van der Waals surface area contributed by atoms with Gasteiger partial charge >= 0.3 is 0 Å². The van der Waals surface area contributed by atoms with E-state index in [-0.39, 0.29) is 0 Å². The van der Waals surface area contributed by atoms with Crippen molar-refractivity contribution in [2.24, 2.45) is 5.41 Å². The van der Waals surface area contributed by atoms with E-state index in [9.17, 15) is 0 Å². The summed E-state index contributed by atoms with van der Waals surface area (Å²) < 4.78 is 0. The maximum absolute atomic E-state index is 2.63. The van der Waals surface area contributed by atoms with E-state index in [1.807, 2.05) is 13.8 Å². The lowest BCUT2D eigenvalue weighted by Gasteiger charge is -2.57. The number of hydrogen-bond acceptors (Lipinski definition) is 0. The summed E-state index contributed by atoms with van der Waals surface area (Å²) in [5, 5.41) is 1.14. The van der Waals surface area contributed by atoms with Crippen LogP contribution in [0.25, 0.3) is 17.2 Å². The van der Waals surface area contributed by atoms with Crippen LogP contribution in [0.1, 0.15) is 75.0 Å². The normalized spacial score (nSPS) is 21.5. The summed E-state index contributed by atoms with van der Waals surface area (Å²) in [5.41, 5.74) is 11.2. The number of rotatable bonds is 5. The molecule has 0 radical (unpaired) electrons. The number of aryl methyl sites for hydroxylation is 1. The predicted octanol–water partition coefficient (Wildman–Crippen LogP) is 10.3. The van der Waals surface area contributed by atoms with Crippen LogP contribution in [0.2, 0.25) is 0 Å². The fraction of sp³-hybridized carbons (Fsp3) is 0.471. The van der Waals surface area contributed by atoms with Crippen LogP contribution >= 0.6 is 18.1 Å². The second-order valence-corrected chi connectivity index (χ2v) is 23.8. The van der Waals surface area contributed by atoms with Gasteiger partial charge in [0.25, 0.3) is 0 Å². The van der Waals surface area contributed by atoms with Crippen molar-refractivity contribution >= 4 is 24.2 Å². The molecule has 2 aromatic carbocycles. The maximum atomic E-state index is 2.63. The molecule has 2 aromatic rings. The zero-order valence-electron chi connectivity index (χ0n) is 24.2. The molecule has 0 aromatic heterocycles. The first kappa shape index (κ1) is 27.4. The van der Waals surface area contributed by atoms with E-state index >= 15 is 0 Å². The molecule has 0 spiro atoms. The van der Waals surface area contributed by atoms with Gasteiger partial charge in [0, 0.05) is 10.5 Å². The highest BCUT2D eigenvalue weighted by Crippen LogP contribution is 2.84. The van der Waals surface area contributed by atoms with E-state index in [4.69, 9.17) is 0 Å². The average molecular weight is 521 g/mol. The van der Waals surface area contributed by atoms with Crippen molar-refractivity contribution < 1.29 is 0 Å². The summed E-state index contributed by atoms with van der Waals surface area (Å²) in [5.74, 6) is 0. The molecule has 0 bridgehead atoms. The van der Waals surface area contributed by atoms with Crippen LogP contribution in [0.15, 0.2) is 66.3 Å². The Hall–Kier alpha value is -1.64. The summed E-state index contributed by atoms with van der Waals surface area (Å²) >= 11 is 0. The summed E-state index contributed by atoms with van der Waals surface area (Å²) in [6.45, 7) is 11.1. The van der Waals surface area contributed by atoms with Gasteiger partial charge in [-0.3, -0.25) is 0 Å². The Morgan fingerprint density at radius 1 is 0.861 bits per heavy atom. The van der Waals surface area contributed by atoms with Crippen molar-refractivity contribution in [1.82, 2.24) is 0 Å². The third kappa shape index (κ3) is 4.93. The second kappa shape index (κ2) is 10.3. The SMILES string of the molecule is CC.CC(C)(C)CC1=CC(S(C)(C)S(C)(C)C2C=Cc3c2cc2c(c3-c3ccccc3)CCC2)C=C1. The van der Waals surface area contributed by atoms with Crippen LogP contribution in [0.5, 0.6) is 0 Å². The van der Waals surface area contributed by atoms with Crippen molar-refractivity contribution in [3.05, 3.63) is 88.5 Å². The molecule has 0 nitrogen and oxygen atoms in total. The Bertz CT molecular complexity index is 1190. The molecule has 2 unspecified atom stereocenters. The Kier molecular flexibility index (Phi) is 7.81. The first-order valence-electron chi connectivity index (χ1n) is 13.7. The Morgan fingerprint density at radius 3 is 2.22 bits per heavy atom. The largest absolute Gasteiger partial charge is 0.205 e. The standard InChI is InChI=1S/C32H42S2.C2H6/c1-32(2,3)22-23-16-17-26(20-23)33(4,5)34(6,7)30-19-18-28-29(30)21-25-14-11-15-27(25)31(28)24-12-9-8-10-13-24;1-2/h8-10,12-13,16-21,26,30H,11,14-15,22H2,1-7H3;1-2H3. The molecule has 0 saturated carbocycles. The molecule has 0 saturated heterocycles. The third-order valence-electron chi connectivity index (χ3n) is 8.27. The quantitative estimate of drug-likeness (QED) is 0.344. The monoisotopic (exact) mass is 520 g/mol. The van der Waals surface area contributed by atoms with Crippen LogP contribution in [0, 0.1) is 5.41 Å². The third-order valence-corrected chi connectivity index (χ3v) is 21.6. The summed E-state index contributed by atoms with van der Waals surface area (Å²) in [7, 11) is -1.79. The molecule has 36 heavy (non-hydrogen) atoms. The van der Waals surface area contributed by atoms with Gasteiger partial charge in [0.1, 0.15) is 0 Å². The van der Waals surface area contributed by atoms with Gasteiger partial charge in [-0.1, -0.05) is 107 Å². The van der Waals surface area contributed by atoms with E-state index in [0.29, 0.717) is 15.9 Å². The minimum absolute atomic E-state index is 0.342. The smallest absolute Gasteiger partial charge is 0.0394 e. The highest BCUT2D eigenvalue weighted by molar-refractivity contribution is 9.07. The second-order valence-electron chi connectivity index (χ2n) is 12.3. The lowest BCUT2D eigenvalue weighted by molar-refractivity contribution is 0.413. The van der Waals surface area contributed by atoms with Gasteiger partial charge in [-0.15, -0.1) is 0 Å². The molecule has 0 N–H and O–H groups in total. The summed E-state index contributed by atoms with van der Waals surface area (Å²) in [6, 6.07) is 13.8. The lowest BCUT2D eigenvalue weighted by atomic mass is 9.88. The highest BCUT2D eigenvalue weighted by atomic mass is 33.2. The number of hydrogen-bond donors (Lipinski definition) is 0. The first-order chi connectivity index (χ1) is 17.0. The van der Waals surface area contributed by atoms with Gasteiger partial charge in [-0.05, 0) is 89.5 Å². The molecular weight excluding hydrogens is 473 g/mol. The van der Waals surface area contributed by atoms with E-state index in [1.54, 1.807) is 22.3 Å². The van der Waals surface area contributed by atoms with Gasteiger partial charge in [-0.2, -0.15) is 0 Å². The van der Waals surface area contributed by atoms with Crippen molar-refractivity contribution in [2.75, 3.05) is 25.0 Å². The molecule has 0 fully saturated rings. The Balaban J connectivity index is 0.00000148. The minimum Gasteiger partial charge on any atom is -0.205 e. The molecular formula is C34H48S2. The molecule has 0 heterocycles. The average Bonchev–Trinajstić information content (AvgIpc) is 3.58. The van der Waals surface area contributed by atoms with Gasteiger partial charge in [0.05, 0.1) is 0 Å². The van der Waals surface area contributed by atoms with Gasteiger partial charge in [0.2, 0.25) is 0 Å². The molecule has 196 valence electrons. The van der Waals surface area contributed by atoms with Crippen molar-refractivity contribution in [3.63, 3.8) is 0 Å². The lowest BCUT2D eigenvalue weighted by Crippen LogP contribution is -2.20. The molecule has 3 aliphatic carbocycles. The van der Waals surface area contributed by atoms with E-state index < -0.39 is 18.1 Å². The number of allylic oxidation sites excluding steroid dienone is 2. The van der Waals surface area contributed by atoms with Gasteiger partial charge in [-0.25, -0.2) is 18.1 Å². The van der Waals surface area contributed by atoms with E-state index in [2.05, 4.69) is 113 Å². The van der Waals surface area contributed by atoms with Crippen molar-refractivity contribution in [3.8, 4) is 11.1 Å². The van der Waals surface area contributed by atoms with Crippen LogP contribution in [0.3, 0.4) is 0 Å². The number of benzene rings is 2. The minimum atomic E-state index is -0.918. The van der Waals surface area contributed by atoms with Crippen LogP contribution in [-0.4, -0.2) is 30.3 Å². The van der Waals surface area contributed by atoms with Crippen LogP contribution in [0.4, 0.5) is 0 Å². The molecule has 2 atom stereocenters. The molecule has 2 heteroatoms. The Morgan fingerprint density at radius 2 is 1.56 bits per heavy atom. The fourth-order valence-electron chi connectivity index (χ4n) is 6.09. The summed E-state index contributed by atoms with van der Waals surface area (Å²) in [4.78, 5) is 0. The zero-order chi connectivity index (χ0) is 26.3. The molecule has 0 aliphatic heterocycles. The highest BCUT2D eigenvalue weighted by Gasteiger charge is 2.42. The predicted molar refractivity (Wildman–Crippen MR) is 171 cm³/mol. The Labute approximate surface area is 224 Å². The van der Waals surface area contributed by atoms with Crippen molar-refractivity contribution in [1.29, 1.82) is 0 Å². The van der Waals surface area contributed by atoms with Crippen molar-refractivity contribution in [2.45, 2.75) is 70.8 Å². The summed E-state index contributed by atoms with van der Waals surface area (Å²) in [6.07, 6.45) is 28.1. The van der Waals surface area contributed by atoms with Crippen LogP contribution < -0.4 is 0 Å². The zero-order valence-corrected chi connectivity index (χ0v) is 25.8. The number of fused-ring (bicyclic) bond motifs is 2. The molecule has 5 rings (SSSR count). The molecule has 3 aliphatic rings. The molecule has 0 amide bonds. The fourth-order valence-corrected chi connectivity index (χ4v) is 13.6. The van der Waals surface area contributed by atoms with Gasteiger partial charge < -0.3 is 0 Å². The maximum Gasteiger partial charge on any atom is 0.0394 e.